The number of hydrogen-bond acceptors (Lipinski definition) is 6. The minimum absolute atomic E-state index is 0.167. The first kappa shape index (κ1) is 21.3. The van der Waals surface area contributed by atoms with Gasteiger partial charge in [0.05, 0.1) is 16.2 Å². The van der Waals surface area contributed by atoms with E-state index in [9.17, 15) is 24.5 Å². The third kappa shape index (κ3) is 5.76. The number of non-ortho nitro benzene ring substituents is 1. The normalized spacial score (nSPS) is 10.1. The molecule has 0 saturated heterocycles. The number of nitrogens with one attached hydrogen (secondary N) is 2. The van der Waals surface area contributed by atoms with E-state index >= 15 is 0 Å². The van der Waals surface area contributed by atoms with Gasteiger partial charge in [-0.2, -0.15) is 0 Å². The average molecular weight is 516 g/mol. The van der Waals surface area contributed by atoms with Crippen molar-refractivity contribution in [2.45, 2.75) is 0 Å². The Morgan fingerprint density at radius 3 is 2.14 bits per heavy atom. The number of hydrogen-bond donors (Lipinski definition) is 3. The fourth-order valence-corrected chi connectivity index (χ4v) is 3.37. The quantitative estimate of drug-likeness (QED) is 0.304. The molecule has 0 aliphatic heterocycles. The van der Waals surface area contributed by atoms with E-state index in [2.05, 4.69) is 42.5 Å². The number of amides is 3. The molecule has 0 radical (unpaired) electrons. The van der Waals surface area contributed by atoms with E-state index in [0.29, 0.717) is 5.69 Å². The van der Waals surface area contributed by atoms with Gasteiger partial charge in [0.15, 0.2) is 6.61 Å². The molecular weight excluding hydrogens is 504 g/mol. The summed E-state index contributed by atoms with van der Waals surface area (Å²) in [7, 11) is 0. The Kier molecular flexibility index (Phi) is 7.06. The van der Waals surface area contributed by atoms with Gasteiger partial charge in [-0.15, -0.1) is 0 Å². The van der Waals surface area contributed by atoms with E-state index < -0.39 is 29.4 Å². The molecular formula is C16H12Br2N4O6. The van der Waals surface area contributed by atoms with Crippen molar-refractivity contribution in [3.05, 3.63) is 61.0 Å². The summed E-state index contributed by atoms with van der Waals surface area (Å²) >= 11 is 6.28. The maximum Gasteiger partial charge on any atom is 0.338 e. The van der Waals surface area contributed by atoms with E-state index in [0.717, 1.165) is 0 Å². The molecule has 0 aliphatic rings. The average Bonchev–Trinajstić information content (AvgIpc) is 2.62. The van der Waals surface area contributed by atoms with Crippen molar-refractivity contribution in [1.29, 1.82) is 0 Å². The Morgan fingerprint density at radius 2 is 1.64 bits per heavy atom. The maximum atomic E-state index is 12.0. The Hall–Kier alpha value is -2.99. The summed E-state index contributed by atoms with van der Waals surface area (Å²) in [4.78, 5) is 45.0. The number of ether oxygens (including phenoxy) is 1. The second kappa shape index (κ2) is 9.28. The third-order valence-electron chi connectivity index (χ3n) is 3.22. The minimum Gasteiger partial charge on any atom is -0.452 e. The van der Waals surface area contributed by atoms with Crippen LogP contribution in [0.5, 0.6) is 0 Å². The van der Waals surface area contributed by atoms with Crippen molar-refractivity contribution in [1.82, 2.24) is 0 Å². The fraction of sp³-hybridized carbons (Fsp3) is 0.0625. The van der Waals surface area contributed by atoms with Crippen molar-refractivity contribution in [2.24, 2.45) is 5.73 Å². The topological polar surface area (TPSA) is 154 Å². The van der Waals surface area contributed by atoms with Crippen LogP contribution in [0.2, 0.25) is 0 Å². The van der Waals surface area contributed by atoms with Gasteiger partial charge in [-0.1, -0.05) is 0 Å². The highest BCUT2D eigenvalue weighted by atomic mass is 79.9. The molecule has 28 heavy (non-hydrogen) atoms. The zero-order valence-corrected chi connectivity index (χ0v) is 17.1. The van der Waals surface area contributed by atoms with Crippen LogP contribution in [-0.4, -0.2) is 29.4 Å². The van der Waals surface area contributed by atoms with Gasteiger partial charge in [0.2, 0.25) is 0 Å². The van der Waals surface area contributed by atoms with Gasteiger partial charge in [-0.05, 0) is 56.1 Å². The van der Waals surface area contributed by atoms with E-state index in [1.807, 2.05) is 0 Å². The Morgan fingerprint density at radius 1 is 1.07 bits per heavy atom. The first-order valence-corrected chi connectivity index (χ1v) is 9.03. The van der Waals surface area contributed by atoms with Gasteiger partial charge in [-0.3, -0.25) is 14.9 Å². The first-order chi connectivity index (χ1) is 13.2. The van der Waals surface area contributed by atoms with E-state index in [-0.39, 0.29) is 25.9 Å². The van der Waals surface area contributed by atoms with Gasteiger partial charge in [0.25, 0.3) is 11.6 Å². The van der Waals surface area contributed by atoms with Crippen LogP contribution in [-0.2, 0) is 9.53 Å². The number of nitrogens with two attached hydrogens (primary N) is 1. The summed E-state index contributed by atoms with van der Waals surface area (Å²) < 4.78 is 5.49. The maximum absolute atomic E-state index is 12.0. The Labute approximate surface area is 174 Å². The number of benzene rings is 2. The fourth-order valence-electron chi connectivity index (χ4n) is 2.01. The second-order valence-corrected chi connectivity index (χ2v) is 6.94. The summed E-state index contributed by atoms with van der Waals surface area (Å²) in [5, 5.41) is 15.6. The molecule has 0 saturated carbocycles. The van der Waals surface area contributed by atoms with Crippen molar-refractivity contribution >= 4 is 66.8 Å². The van der Waals surface area contributed by atoms with Crippen LogP contribution in [0.25, 0.3) is 0 Å². The van der Waals surface area contributed by atoms with Crippen LogP contribution < -0.4 is 16.4 Å². The van der Waals surface area contributed by atoms with E-state index in [1.165, 1.54) is 36.4 Å². The van der Waals surface area contributed by atoms with Crippen molar-refractivity contribution < 1.29 is 24.0 Å². The smallest absolute Gasteiger partial charge is 0.338 e. The predicted octanol–water partition coefficient (Wildman–Crippen LogP) is 3.41. The molecule has 0 spiro atoms. The standard InChI is InChI=1S/C16H12Br2N4O6/c17-11-5-10(22(26)27)6-12(18)14(11)21-13(23)7-28-15(24)8-1-3-9(4-2-8)20-16(19)25/h1-6H,7H2,(H,21,23)(H3,19,20,25). The van der Waals surface area contributed by atoms with Crippen molar-refractivity contribution in [2.75, 3.05) is 17.2 Å². The lowest BCUT2D eigenvalue weighted by Gasteiger charge is -2.10. The summed E-state index contributed by atoms with van der Waals surface area (Å²) in [5.74, 6) is -1.39. The van der Waals surface area contributed by atoms with Gasteiger partial charge >= 0.3 is 12.0 Å². The number of carbonyl (C=O) groups is 3. The molecule has 0 atom stereocenters. The molecule has 0 aromatic heterocycles. The number of nitro benzene ring substituents is 1. The number of halogens is 2. The van der Waals surface area contributed by atoms with Gasteiger partial charge < -0.3 is 21.1 Å². The molecule has 0 heterocycles. The Bertz CT molecular complexity index is 926. The number of esters is 1. The number of nitrogens with zero attached hydrogens (tertiary/aromatic N) is 1. The molecule has 2 rings (SSSR count). The molecule has 2 aromatic carbocycles. The number of primary amides is 1. The molecule has 0 bridgehead atoms. The summed E-state index contributed by atoms with van der Waals surface area (Å²) in [6, 6.07) is 7.42. The van der Waals surface area contributed by atoms with Crippen LogP contribution in [0.4, 0.5) is 21.9 Å². The number of rotatable bonds is 6. The zero-order chi connectivity index (χ0) is 20.8. The molecule has 10 nitrogen and oxygen atoms in total. The summed E-state index contributed by atoms with van der Waals surface area (Å²) in [5.41, 5.74) is 5.64. The van der Waals surface area contributed by atoms with Crippen LogP contribution >= 0.6 is 31.9 Å². The van der Waals surface area contributed by atoms with Gasteiger partial charge in [0, 0.05) is 26.8 Å². The summed E-state index contributed by atoms with van der Waals surface area (Å²) in [6.45, 7) is -0.573. The van der Waals surface area contributed by atoms with Gasteiger partial charge in [0.1, 0.15) is 0 Å². The number of carbonyl (C=O) groups excluding carboxylic acids is 3. The minimum atomic E-state index is -0.748. The van der Waals surface area contributed by atoms with Crippen LogP contribution in [0.3, 0.4) is 0 Å². The number of nitro groups is 1. The lowest BCUT2D eigenvalue weighted by atomic mass is 10.2. The Balaban J connectivity index is 1.96. The van der Waals surface area contributed by atoms with Crippen LogP contribution in [0, 0.1) is 10.1 Å². The SMILES string of the molecule is NC(=O)Nc1ccc(C(=O)OCC(=O)Nc2c(Br)cc([N+](=O)[O-])cc2Br)cc1. The molecule has 0 aliphatic carbocycles. The molecule has 0 fully saturated rings. The highest BCUT2D eigenvalue weighted by molar-refractivity contribution is 9.11. The highest BCUT2D eigenvalue weighted by Gasteiger charge is 2.17. The summed E-state index contributed by atoms with van der Waals surface area (Å²) in [6.07, 6.45) is 0. The van der Waals surface area contributed by atoms with Crippen LogP contribution in [0.1, 0.15) is 10.4 Å². The second-order valence-electron chi connectivity index (χ2n) is 5.23. The molecule has 146 valence electrons. The number of urea groups is 1. The molecule has 12 heteroatoms. The van der Waals surface area contributed by atoms with Crippen molar-refractivity contribution in [3.8, 4) is 0 Å². The number of anilines is 2. The highest BCUT2D eigenvalue weighted by Crippen LogP contribution is 2.35. The van der Waals surface area contributed by atoms with Crippen molar-refractivity contribution in [3.63, 3.8) is 0 Å². The van der Waals surface area contributed by atoms with E-state index in [1.54, 1.807) is 0 Å². The molecule has 2 aromatic rings. The van der Waals surface area contributed by atoms with Gasteiger partial charge in [-0.25, -0.2) is 9.59 Å². The molecule has 4 N–H and O–H groups in total. The lowest BCUT2D eigenvalue weighted by molar-refractivity contribution is -0.385. The first-order valence-electron chi connectivity index (χ1n) is 7.44. The van der Waals surface area contributed by atoms with E-state index in [4.69, 9.17) is 10.5 Å². The lowest BCUT2D eigenvalue weighted by Crippen LogP contribution is -2.21. The monoisotopic (exact) mass is 514 g/mol. The predicted molar refractivity (Wildman–Crippen MR) is 107 cm³/mol. The van der Waals surface area contributed by atoms with Crippen LogP contribution in [0.15, 0.2) is 45.3 Å². The molecule has 0 unspecified atom stereocenters. The third-order valence-corrected chi connectivity index (χ3v) is 4.48. The molecule has 3 amide bonds. The zero-order valence-electron chi connectivity index (χ0n) is 13.9. The largest absolute Gasteiger partial charge is 0.452 e.